The van der Waals surface area contributed by atoms with Crippen molar-refractivity contribution in [2.75, 3.05) is 10.6 Å². The number of nitrogens with zero attached hydrogens (tertiary/aromatic N) is 2. The van der Waals surface area contributed by atoms with Crippen LogP contribution in [0.2, 0.25) is 0 Å². The fourth-order valence-corrected chi connectivity index (χ4v) is 1.77. The first-order valence-corrected chi connectivity index (χ1v) is 6.69. The number of rotatable bonds is 5. The van der Waals surface area contributed by atoms with Crippen LogP contribution in [-0.4, -0.2) is 27.0 Å². The molecule has 0 spiro atoms. The third-order valence-electron chi connectivity index (χ3n) is 2.76. The van der Waals surface area contributed by atoms with E-state index in [2.05, 4.69) is 20.6 Å². The molecular formula is C15H18N4O2. The van der Waals surface area contributed by atoms with Gasteiger partial charge in [-0.05, 0) is 32.0 Å². The molecule has 0 bridgehead atoms. The molecule has 6 nitrogen and oxygen atoms in total. The predicted molar refractivity (Wildman–Crippen MR) is 81.1 cm³/mol. The van der Waals surface area contributed by atoms with Crippen LogP contribution in [0, 0.1) is 0 Å². The standard InChI is InChI=1S/C15H18N4O2/c1-10(2)18-13-6-5-11(8-17-13)15(21)19-14-12(9-20)4-3-7-16-14/h3-8,10,20H,9H2,1-2H3,(H,17,18)(H,16,19,21). The quantitative estimate of drug-likeness (QED) is 0.783. The second kappa shape index (κ2) is 6.81. The predicted octanol–water partition coefficient (Wildman–Crippen LogP) is 2.04. The smallest absolute Gasteiger partial charge is 0.258 e. The van der Waals surface area contributed by atoms with Crippen molar-refractivity contribution in [3.05, 3.63) is 47.8 Å². The minimum atomic E-state index is -0.313. The number of amides is 1. The second-order valence-corrected chi connectivity index (χ2v) is 4.85. The summed E-state index contributed by atoms with van der Waals surface area (Å²) < 4.78 is 0. The highest BCUT2D eigenvalue weighted by Gasteiger charge is 2.10. The highest BCUT2D eigenvalue weighted by Crippen LogP contribution is 2.13. The van der Waals surface area contributed by atoms with Crippen molar-refractivity contribution in [3.63, 3.8) is 0 Å². The Morgan fingerprint density at radius 2 is 2.10 bits per heavy atom. The zero-order valence-electron chi connectivity index (χ0n) is 12.0. The van der Waals surface area contributed by atoms with Gasteiger partial charge in [0.05, 0.1) is 12.2 Å². The van der Waals surface area contributed by atoms with Gasteiger partial charge in [0.25, 0.3) is 5.91 Å². The zero-order chi connectivity index (χ0) is 15.2. The number of hydrogen-bond acceptors (Lipinski definition) is 5. The van der Waals surface area contributed by atoms with E-state index in [0.717, 1.165) is 5.82 Å². The maximum absolute atomic E-state index is 12.1. The maximum atomic E-state index is 12.1. The third-order valence-corrected chi connectivity index (χ3v) is 2.76. The van der Waals surface area contributed by atoms with Crippen molar-refractivity contribution in [1.29, 1.82) is 0 Å². The SMILES string of the molecule is CC(C)Nc1ccc(C(=O)Nc2ncccc2CO)cn1. The van der Waals surface area contributed by atoms with Crippen molar-refractivity contribution in [1.82, 2.24) is 9.97 Å². The summed E-state index contributed by atoms with van der Waals surface area (Å²) in [6.45, 7) is 3.85. The van der Waals surface area contributed by atoms with Crippen LogP contribution in [0.1, 0.15) is 29.8 Å². The fraction of sp³-hybridized carbons (Fsp3) is 0.267. The van der Waals surface area contributed by atoms with Crippen LogP contribution in [0.3, 0.4) is 0 Å². The van der Waals surface area contributed by atoms with E-state index in [0.29, 0.717) is 16.9 Å². The van der Waals surface area contributed by atoms with Gasteiger partial charge in [0, 0.05) is 24.0 Å². The molecule has 0 aliphatic heterocycles. The molecule has 6 heteroatoms. The number of anilines is 2. The van der Waals surface area contributed by atoms with Crippen LogP contribution in [-0.2, 0) is 6.61 Å². The van der Waals surface area contributed by atoms with Crippen LogP contribution < -0.4 is 10.6 Å². The topological polar surface area (TPSA) is 87.1 Å². The Hall–Kier alpha value is -2.47. The molecule has 110 valence electrons. The molecule has 0 radical (unpaired) electrons. The molecule has 0 aliphatic carbocycles. The minimum absolute atomic E-state index is 0.182. The molecule has 0 saturated heterocycles. The minimum Gasteiger partial charge on any atom is -0.392 e. The summed E-state index contributed by atoms with van der Waals surface area (Å²) in [5, 5.41) is 15.0. The lowest BCUT2D eigenvalue weighted by molar-refractivity contribution is 0.102. The molecule has 2 aromatic heterocycles. The maximum Gasteiger partial charge on any atom is 0.258 e. The summed E-state index contributed by atoms with van der Waals surface area (Å²) in [5.74, 6) is 0.761. The molecule has 2 aromatic rings. The molecular weight excluding hydrogens is 268 g/mol. The van der Waals surface area contributed by atoms with E-state index >= 15 is 0 Å². The highest BCUT2D eigenvalue weighted by atomic mass is 16.3. The number of aromatic nitrogens is 2. The van der Waals surface area contributed by atoms with Crippen molar-refractivity contribution < 1.29 is 9.90 Å². The Labute approximate surface area is 123 Å². The number of pyridine rings is 2. The van der Waals surface area contributed by atoms with E-state index in [1.807, 2.05) is 13.8 Å². The molecule has 2 rings (SSSR count). The third kappa shape index (κ3) is 4.00. The van der Waals surface area contributed by atoms with Gasteiger partial charge in [-0.2, -0.15) is 0 Å². The van der Waals surface area contributed by atoms with E-state index in [1.165, 1.54) is 6.20 Å². The fourth-order valence-electron chi connectivity index (χ4n) is 1.77. The van der Waals surface area contributed by atoms with Gasteiger partial charge in [-0.25, -0.2) is 9.97 Å². The first kappa shape index (κ1) is 14.9. The summed E-state index contributed by atoms with van der Waals surface area (Å²) >= 11 is 0. The van der Waals surface area contributed by atoms with Gasteiger partial charge in [-0.1, -0.05) is 6.07 Å². The summed E-state index contributed by atoms with van der Waals surface area (Å²) in [6.07, 6.45) is 3.06. The van der Waals surface area contributed by atoms with Crippen LogP contribution >= 0.6 is 0 Å². The first-order valence-electron chi connectivity index (χ1n) is 6.69. The number of aliphatic hydroxyl groups excluding tert-OH is 1. The Bertz CT molecular complexity index is 611. The summed E-state index contributed by atoms with van der Waals surface area (Å²) in [6, 6.07) is 7.12. The average Bonchev–Trinajstić information content (AvgIpc) is 2.48. The van der Waals surface area contributed by atoms with Crippen LogP contribution in [0.5, 0.6) is 0 Å². The molecule has 0 fully saturated rings. The molecule has 3 N–H and O–H groups in total. The van der Waals surface area contributed by atoms with Gasteiger partial charge in [-0.15, -0.1) is 0 Å². The lowest BCUT2D eigenvalue weighted by Crippen LogP contribution is -2.16. The monoisotopic (exact) mass is 286 g/mol. The molecule has 0 atom stereocenters. The van der Waals surface area contributed by atoms with Crippen molar-refractivity contribution in [2.45, 2.75) is 26.5 Å². The normalized spacial score (nSPS) is 10.5. The van der Waals surface area contributed by atoms with Crippen LogP contribution in [0.4, 0.5) is 11.6 Å². The van der Waals surface area contributed by atoms with Crippen LogP contribution in [0.15, 0.2) is 36.7 Å². The van der Waals surface area contributed by atoms with E-state index in [9.17, 15) is 9.90 Å². The highest BCUT2D eigenvalue weighted by molar-refractivity contribution is 6.03. The lowest BCUT2D eigenvalue weighted by Gasteiger charge is -2.10. The zero-order valence-corrected chi connectivity index (χ0v) is 12.0. The van der Waals surface area contributed by atoms with Gasteiger partial charge in [0.1, 0.15) is 11.6 Å². The van der Waals surface area contributed by atoms with Crippen molar-refractivity contribution in [3.8, 4) is 0 Å². The molecule has 0 aliphatic rings. The number of aliphatic hydroxyl groups is 1. The van der Waals surface area contributed by atoms with Gasteiger partial charge < -0.3 is 15.7 Å². The first-order chi connectivity index (χ1) is 10.1. The lowest BCUT2D eigenvalue weighted by atomic mass is 10.2. The number of nitrogens with one attached hydrogen (secondary N) is 2. The van der Waals surface area contributed by atoms with E-state index in [4.69, 9.17) is 0 Å². The van der Waals surface area contributed by atoms with Gasteiger partial charge in [0.2, 0.25) is 0 Å². The van der Waals surface area contributed by atoms with Gasteiger partial charge >= 0.3 is 0 Å². The molecule has 0 unspecified atom stereocenters. The molecule has 21 heavy (non-hydrogen) atoms. The molecule has 2 heterocycles. The van der Waals surface area contributed by atoms with E-state index < -0.39 is 0 Å². The van der Waals surface area contributed by atoms with Gasteiger partial charge in [-0.3, -0.25) is 4.79 Å². The largest absolute Gasteiger partial charge is 0.392 e. The summed E-state index contributed by atoms with van der Waals surface area (Å²) in [4.78, 5) is 20.4. The van der Waals surface area contributed by atoms with Crippen molar-refractivity contribution in [2.24, 2.45) is 0 Å². The van der Waals surface area contributed by atoms with Gasteiger partial charge in [0.15, 0.2) is 0 Å². The molecule has 1 amide bonds. The number of carbonyl (C=O) groups excluding carboxylic acids is 1. The Morgan fingerprint density at radius 3 is 2.71 bits per heavy atom. The Morgan fingerprint density at radius 1 is 1.29 bits per heavy atom. The average molecular weight is 286 g/mol. The number of hydrogen-bond donors (Lipinski definition) is 3. The molecule has 0 saturated carbocycles. The number of carbonyl (C=O) groups is 1. The van der Waals surface area contributed by atoms with Crippen molar-refractivity contribution >= 4 is 17.5 Å². The van der Waals surface area contributed by atoms with E-state index in [1.54, 1.807) is 30.5 Å². The summed E-state index contributed by atoms with van der Waals surface area (Å²) in [7, 11) is 0. The van der Waals surface area contributed by atoms with Crippen LogP contribution in [0.25, 0.3) is 0 Å². The Kier molecular flexibility index (Phi) is 4.84. The molecule has 0 aromatic carbocycles. The summed E-state index contributed by atoms with van der Waals surface area (Å²) in [5.41, 5.74) is 0.996. The second-order valence-electron chi connectivity index (χ2n) is 4.85. The van der Waals surface area contributed by atoms with E-state index in [-0.39, 0.29) is 18.6 Å². The Balaban J connectivity index is 2.09.